The minimum atomic E-state index is -0.822. The number of benzene rings is 2. The van der Waals surface area contributed by atoms with Crippen LogP contribution in [0.3, 0.4) is 0 Å². The van der Waals surface area contributed by atoms with Crippen molar-refractivity contribution in [2.24, 2.45) is 17.8 Å². The van der Waals surface area contributed by atoms with Crippen molar-refractivity contribution in [3.8, 4) is 0 Å². The van der Waals surface area contributed by atoms with E-state index in [1.165, 1.54) is 0 Å². The molecule has 0 radical (unpaired) electrons. The van der Waals surface area contributed by atoms with Crippen LogP contribution in [0, 0.1) is 31.6 Å². The standard InChI is InChI=1S/C35H43N3O4S/c1-7-16-36(20-26-12-10-9-11-13-26)32(40)29-28-19-24(5)35(43-28)30(29)33(41)38(25(6)21-39)31(35)34(42)37(17-8-2)27-18-22(3)14-15-23(27)4/h7-15,18,24-25,28-31,39H,1-2,16-17,19-21H2,3-6H3/t24?,25-,28-,29+,30+,31?,35?/m1/s1. The molecule has 0 saturated carbocycles. The summed E-state index contributed by atoms with van der Waals surface area (Å²) in [6.45, 7) is 16.5. The largest absolute Gasteiger partial charge is 0.394 e. The molecule has 228 valence electrons. The molecule has 3 amide bonds. The molecular weight excluding hydrogens is 558 g/mol. The Morgan fingerprint density at radius 1 is 1.12 bits per heavy atom. The van der Waals surface area contributed by atoms with Crippen LogP contribution in [0.5, 0.6) is 0 Å². The molecule has 3 aliphatic heterocycles. The SMILES string of the molecule is C=CCN(Cc1ccccc1)C(=O)[C@@H]1[C@H]2C(=O)N([C@H](C)CO)C(C(=O)N(CC=C)c3cc(C)ccc3C)C23S[C@@H]1CC3C. The van der Waals surface area contributed by atoms with Gasteiger partial charge in [0.15, 0.2) is 0 Å². The van der Waals surface area contributed by atoms with Gasteiger partial charge in [0.1, 0.15) is 6.04 Å². The van der Waals surface area contributed by atoms with Gasteiger partial charge in [-0.3, -0.25) is 14.4 Å². The minimum absolute atomic E-state index is 0.0245. The summed E-state index contributed by atoms with van der Waals surface area (Å²) in [5.41, 5.74) is 3.77. The van der Waals surface area contributed by atoms with E-state index in [1.807, 2.05) is 62.4 Å². The summed E-state index contributed by atoms with van der Waals surface area (Å²) in [5, 5.41) is 10.2. The molecule has 3 unspecified atom stereocenters. The predicted molar refractivity (Wildman–Crippen MR) is 173 cm³/mol. The Hall–Kier alpha value is -3.36. The van der Waals surface area contributed by atoms with Crippen LogP contribution in [0.15, 0.2) is 73.8 Å². The predicted octanol–water partition coefficient (Wildman–Crippen LogP) is 4.76. The van der Waals surface area contributed by atoms with E-state index in [0.29, 0.717) is 13.1 Å². The normalized spacial score (nSPS) is 28.0. The lowest BCUT2D eigenvalue weighted by Crippen LogP contribution is -2.59. The maximum atomic E-state index is 14.9. The number of rotatable bonds is 11. The molecule has 1 N–H and O–H groups in total. The number of hydrogen-bond donors (Lipinski definition) is 1. The summed E-state index contributed by atoms with van der Waals surface area (Å²) in [6, 6.07) is 14.4. The summed E-state index contributed by atoms with van der Waals surface area (Å²) in [4.78, 5) is 49.0. The van der Waals surface area contributed by atoms with Gasteiger partial charge in [-0.1, -0.05) is 61.5 Å². The molecule has 7 atom stereocenters. The topological polar surface area (TPSA) is 81.2 Å². The fraction of sp³-hybridized carbons (Fsp3) is 0.457. The quantitative estimate of drug-likeness (QED) is 0.376. The highest BCUT2D eigenvalue weighted by Gasteiger charge is 2.76. The molecule has 0 aliphatic carbocycles. The third kappa shape index (κ3) is 5.12. The number of fused-ring (bicyclic) bond motifs is 1. The Morgan fingerprint density at radius 3 is 2.47 bits per heavy atom. The lowest BCUT2D eigenvalue weighted by molar-refractivity contribution is -0.145. The highest BCUT2D eigenvalue weighted by molar-refractivity contribution is 8.02. The molecule has 7 nitrogen and oxygen atoms in total. The summed E-state index contributed by atoms with van der Waals surface area (Å²) >= 11 is 1.65. The summed E-state index contributed by atoms with van der Waals surface area (Å²) in [7, 11) is 0. The van der Waals surface area contributed by atoms with Crippen LogP contribution in [0.25, 0.3) is 0 Å². The number of hydrogen-bond acceptors (Lipinski definition) is 5. The zero-order valence-electron chi connectivity index (χ0n) is 25.6. The van der Waals surface area contributed by atoms with Crippen molar-refractivity contribution < 1.29 is 19.5 Å². The molecule has 2 aromatic carbocycles. The van der Waals surface area contributed by atoms with Crippen molar-refractivity contribution in [2.45, 2.75) is 62.7 Å². The van der Waals surface area contributed by atoms with Crippen molar-refractivity contribution >= 4 is 35.2 Å². The maximum absolute atomic E-state index is 14.9. The number of aryl methyl sites for hydroxylation is 2. The van der Waals surface area contributed by atoms with E-state index >= 15 is 0 Å². The number of likely N-dealkylation sites (tertiary alicyclic amines) is 1. The van der Waals surface area contributed by atoms with Gasteiger partial charge in [0, 0.05) is 30.6 Å². The van der Waals surface area contributed by atoms with Crippen molar-refractivity contribution in [3.63, 3.8) is 0 Å². The van der Waals surface area contributed by atoms with Crippen LogP contribution in [0.1, 0.15) is 37.0 Å². The molecule has 3 aliphatic rings. The second-order valence-electron chi connectivity index (χ2n) is 12.4. The van der Waals surface area contributed by atoms with Crippen molar-refractivity contribution in [2.75, 3.05) is 24.6 Å². The average Bonchev–Trinajstić information content (AvgIpc) is 3.60. The molecule has 3 heterocycles. The van der Waals surface area contributed by atoms with Gasteiger partial charge >= 0.3 is 0 Å². The number of thioether (sulfide) groups is 1. The van der Waals surface area contributed by atoms with Crippen LogP contribution in [-0.4, -0.2) is 74.4 Å². The molecule has 2 bridgehead atoms. The van der Waals surface area contributed by atoms with Crippen LogP contribution in [0.4, 0.5) is 5.69 Å². The van der Waals surface area contributed by atoms with Gasteiger partial charge in [0.05, 0.1) is 29.2 Å². The fourth-order valence-corrected chi connectivity index (χ4v) is 9.98. The van der Waals surface area contributed by atoms with Gasteiger partial charge < -0.3 is 19.8 Å². The number of anilines is 1. The van der Waals surface area contributed by atoms with Crippen molar-refractivity contribution in [3.05, 3.63) is 90.5 Å². The van der Waals surface area contributed by atoms with Gasteiger partial charge in [-0.15, -0.1) is 24.9 Å². The first kappa shape index (κ1) is 31.1. The molecule has 8 heteroatoms. The zero-order valence-corrected chi connectivity index (χ0v) is 26.4. The molecule has 0 aromatic heterocycles. The average molecular weight is 602 g/mol. The Labute approximate surface area is 259 Å². The first-order valence-corrected chi connectivity index (χ1v) is 16.0. The molecule has 2 aromatic rings. The van der Waals surface area contributed by atoms with E-state index in [1.54, 1.807) is 45.5 Å². The highest BCUT2D eigenvalue weighted by atomic mass is 32.2. The number of carbonyl (C=O) groups excluding carboxylic acids is 3. The smallest absolute Gasteiger partial charge is 0.251 e. The summed E-state index contributed by atoms with van der Waals surface area (Å²) in [5.74, 6) is -1.67. The number of carbonyl (C=O) groups is 3. The Morgan fingerprint density at radius 2 is 1.81 bits per heavy atom. The van der Waals surface area contributed by atoms with E-state index in [9.17, 15) is 19.5 Å². The fourth-order valence-electron chi connectivity index (χ4n) is 7.58. The van der Waals surface area contributed by atoms with E-state index in [-0.39, 0.29) is 42.0 Å². The molecular formula is C35H43N3O4S. The van der Waals surface area contributed by atoms with E-state index in [2.05, 4.69) is 20.1 Å². The second-order valence-corrected chi connectivity index (χ2v) is 13.9. The molecule has 43 heavy (non-hydrogen) atoms. The number of nitrogens with zero attached hydrogens (tertiary/aromatic N) is 3. The lowest BCUT2D eigenvalue weighted by atomic mass is 9.65. The van der Waals surface area contributed by atoms with Gasteiger partial charge in [-0.2, -0.15) is 0 Å². The second kappa shape index (κ2) is 12.3. The Bertz CT molecular complexity index is 1410. The Kier molecular flexibility index (Phi) is 8.91. The molecule has 5 rings (SSSR count). The lowest BCUT2D eigenvalue weighted by Gasteiger charge is -2.42. The van der Waals surface area contributed by atoms with Gasteiger partial charge in [-0.25, -0.2) is 0 Å². The molecule has 3 fully saturated rings. The van der Waals surface area contributed by atoms with E-state index in [0.717, 1.165) is 28.8 Å². The third-order valence-electron chi connectivity index (χ3n) is 9.55. The third-order valence-corrected chi connectivity index (χ3v) is 11.6. The van der Waals surface area contributed by atoms with Crippen LogP contribution in [-0.2, 0) is 20.9 Å². The van der Waals surface area contributed by atoms with Gasteiger partial charge in [0.25, 0.3) is 5.91 Å². The number of aliphatic hydroxyl groups is 1. The van der Waals surface area contributed by atoms with Crippen molar-refractivity contribution in [1.82, 2.24) is 9.80 Å². The van der Waals surface area contributed by atoms with Gasteiger partial charge in [0.2, 0.25) is 11.8 Å². The van der Waals surface area contributed by atoms with Gasteiger partial charge in [-0.05, 0) is 55.9 Å². The maximum Gasteiger partial charge on any atom is 0.251 e. The minimum Gasteiger partial charge on any atom is -0.394 e. The first-order chi connectivity index (χ1) is 20.6. The van der Waals surface area contributed by atoms with Crippen LogP contribution >= 0.6 is 11.8 Å². The molecule has 3 saturated heterocycles. The summed E-state index contributed by atoms with van der Waals surface area (Å²) < 4.78 is -0.785. The van der Waals surface area contributed by atoms with Crippen LogP contribution < -0.4 is 4.90 Å². The van der Waals surface area contributed by atoms with Crippen molar-refractivity contribution in [1.29, 1.82) is 0 Å². The Balaban J connectivity index is 1.58. The van der Waals surface area contributed by atoms with E-state index in [4.69, 9.17) is 0 Å². The molecule has 1 spiro atoms. The number of amides is 3. The summed E-state index contributed by atoms with van der Waals surface area (Å²) in [6.07, 6.45) is 4.17. The number of aliphatic hydroxyl groups excluding tert-OH is 1. The van der Waals surface area contributed by atoms with E-state index < -0.39 is 28.7 Å². The van der Waals surface area contributed by atoms with Crippen LogP contribution in [0.2, 0.25) is 0 Å². The highest BCUT2D eigenvalue weighted by Crippen LogP contribution is 2.69. The monoisotopic (exact) mass is 601 g/mol. The zero-order chi connectivity index (χ0) is 31.1. The first-order valence-electron chi connectivity index (χ1n) is 15.1.